The number of carboxylic acids is 4. The minimum absolute atomic E-state index is 0. The van der Waals surface area contributed by atoms with E-state index in [4.69, 9.17) is 20.4 Å². The van der Waals surface area contributed by atoms with Crippen molar-refractivity contribution in [3.63, 3.8) is 0 Å². The zero-order valence-corrected chi connectivity index (χ0v) is 13.8. The van der Waals surface area contributed by atoms with Gasteiger partial charge in [0, 0.05) is 0 Å². The van der Waals surface area contributed by atoms with Gasteiger partial charge < -0.3 is 66.2 Å². The third kappa shape index (κ3) is 11.4. The zero-order valence-electron chi connectivity index (χ0n) is 10.9. The summed E-state index contributed by atoms with van der Waals surface area (Å²) in [4.78, 5) is 38.5. The molecule has 0 radical (unpaired) electrons. The molecule has 0 saturated carbocycles. The quantitative estimate of drug-likeness (QED) is 0.276. The average molecular weight is 403 g/mol. The molecule has 0 bridgehead atoms. The van der Waals surface area contributed by atoms with Crippen LogP contribution in [0.3, 0.4) is 0 Å². The maximum absolute atomic E-state index is 9.63. The maximum atomic E-state index is 9.63. The van der Waals surface area contributed by atoms with Crippen LogP contribution < -0.4 is 26.6 Å². The Morgan fingerprint density at radius 1 is 0.545 bits per heavy atom. The van der Waals surface area contributed by atoms with E-state index in [1.54, 1.807) is 0 Å². The summed E-state index contributed by atoms with van der Waals surface area (Å²) in [6.45, 7) is 0. The summed E-state index contributed by atoms with van der Waals surface area (Å²) in [5.41, 5.74) is 0. The summed E-state index contributed by atoms with van der Waals surface area (Å²) in [5.74, 6) is -8.23. The van der Waals surface area contributed by atoms with Crippen LogP contribution in [0.2, 0.25) is 0 Å². The van der Waals surface area contributed by atoms with Gasteiger partial charge in [0.15, 0.2) is 0 Å². The topological polar surface area (TPSA) is 278 Å². The molecule has 14 heteroatoms. The van der Waals surface area contributed by atoms with Crippen LogP contribution in [-0.4, -0.2) is 68.7 Å². The third-order valence-electron chi connectivity index (χ3n) is 1.56. The van der Waals surface area contributed by atoms with Crippen molar-refractivity contribution < 1.29 is 92.7 Å². The van der Waals surface area contributed by atoms with E-state index in [1.165, 1.54) is 0 Å². The second-order valence-electron chi connectivity index (χ2n) is 3.06. The van der Waals surface area contributed by atoms with Gasteiger partial charge in [0.05, 0.1) is 23.9 Å². The van der Waals surface area contributed by atoms with Crippen molar-refractivity contribution in [1.82, 2.24) is 6.15 Å². The van der Waals surface area contributed by atoms with E-state index in [2.05, 4.69) is 0 Å². The van der Waals surface area contributed by atoms with E-state index in [9.17, 15) is 39.6 Å². The molecule has 0 heterocycles. The van der Waals surface area contributed by atoms with Gasteiger partial charge in [-0.25, -0.2) is 0 Å². The van der Waals surface area contributed by atoms with Crippen LogP contribution in [0.1, 0.15) is 0 Å². The van der Waals surface area contributed by atoms with Crippen molar-refractivity contribution in [3.8, 4) is 0 Å². The van der Waals surface area contributed by atoms with Gasteiger partial charge in [0.1, 0.15) is 24.4 Å². The van der Waals surface area contributed by atoms with E-state index in [0.717, 1.165) is 0 Å². The van der Waals surface area contributed by atoms with Crippen molar-refractivity contribution >= 4 is 23.9 Å². The molecule has 0 aliphatic rings. The molecular formula is C8H12NO12Y. The molecule has 0 amide bonds. The van der Waals surface area contributed by atoms with Crippen LogP contribution in [0.15, 0.2) is 0 Å². The number of aliphatic hydroxyl groups excluding tert-OH is 4. The molecule has 124 valence electrons. The Kier molecular flexibility index (Phi) is 17.7. The number of aliphatic hydroxyl groups is 4. The number of carbonyl (C=O) groups excluding carboxylic acids is 4. The van der Waals surface area contributed by atoms with Crippen molar-refractivity contribution in [2.45, 2.75) is 24.4 Å². The molecule has 0 aliphatic heterocycles. The average Bonchev–Trinajstić information content (AvgIpc) is 2.35. The van der Waals surface area contributed by atoms with Crippen molar-refractivity contribution in [1.29, 1.82) is 0 Å². The first kappa shape index (κ1) is 28.9. The molecule has 13 nitrogen and oxygen atoms in total. The van der Waals surface area contributed by atoms with Crippen LogP contribution in [0.4, 0.5) is 0 Å². The van der Waals surface area contributed by atoms with Crippen LogP contribution in [0.5, 0.6) is 0 Å². The first-order valence-corrected chi connectivity index (χ1v) is 4.49. The fourth-order valence-electron chi connectivity index (χ4n) is 0.516. The maximum Gasteiger partial charge on any atom is 3.00 e. The number of carbonyl (C=O) groups is 4. The Morgan fingerprint density at radius 2 is 0.636 bits per heavy atom. The van der Waals surface area contributed by atoms with E-state index in [1.807, 2.05) is 0 Å². The van der Waals surface area contributed by atoms with Gasteiger partial charge in [-0.15, -0.1) is 0 Å². The monoisotopic (exact) mass is 403 g/mol. The Labute approximate surface area is 147 Å². The molecule has 0 spiro atoms. The molecule has 0 aliphatic carbocycles. The number of hydrogen-bond acceptors (Lipinski definition) is 12. The molecule has 0 aromatic carbocycles. The van der Waals surface area contributed by atoms with Crippen molar-refractivity contribution in [2.24, 2.45) is 0 Å². The summed E-state index contributed by atoms with van der Waals surface area (Å²) in [5, 5.41) is 71.5. The van der Waals surface area contributed by atoms with Crippen LogP contribution >= 0.6 is 0 Å². The molecule has 0 rings (SSSR count). The molecule has 22 heavy (non-hydrogen) atoms. The predicted octanol–water partition coefficient (Wildman–Crippen LogP) is -9.21. The van der Waals surface area contributed by atoms with E-state index >= 15 is 0 Å². The predicted molar refractivity (Wildman–Crippen MR) is 50.0 cm³/mol. The minimum atomic E-state index is -2.44. The molecule has 0 saturated heterocycles. The smallest absolute Gasteiger partial charge is 0.547 e. The number of rotatable bonds is 6. The summed E-state index contributed by atoms with van der Waals surface area (Å²) in [6, 6.07) is 0. The largest absolute Gasteiger partial charge is 3.00 e. The van der Waals surface area contributed by atoms with Crippen LogP contribution in [-0.2, 0) is 51.9 Å². The van der Waals surface area contributed by atoms with E-state index in [0.29, 0.717) is 0 Å². The second-order valence-corrected chi connectivity index (χ2v) is 3.06. The summed E-state index contributed by atoms with van der Waals surface area (Å²) < 4.78 is 0. The molecular weight excluding hydrogens is 391 g/mol. The zero-order chi connectivity index (χ0) is 16.6. The van der Waals surface area contributed by atoms with Gasteiger partial charge in [-0.3, -0.25) is 0 Å². The Balaban J connectivity index is -0.000000135. The van der Waals surface area contributed by atoms with E-state index in [-0.39, 0.29) is 38.9 Å². The van der Waals surface area contributed by atoms with Crippen molar-refractivity contribution in [3.05, 3.63) is 0 Å². The molecule has 0 fully saturated rings. The summed E-state index contributed by atoms with van der Waals surface area (Å²) in [7, 11) is 0. The molecule has 4 atom stereocenters. The summed E-state index contributed by atoms with van der Waals surface area (Å²) in [6.07, 6.45) is -9.76. The Bertz CT molecular complexity index is 315. The normalized spacial score (nSPS) is 14.4. The standard InChI is InChI=1S/2C4H6O6.H3N.Y/c2*5-1(3(7)8)2(6)4(9)10;;/h2*1-2,5-6H,(H,7,8)(H,9,10);1H3;/q;;;+3/p-3. The van der Waals surface area contributed by atoms with Gasteiger partial charge >= 0.3 is 32.7 Å². The summed E-state index contributed by atoms with van der Waals surface area (Å²) >= 11 is 0. The second kappa shape index (κ2) is 13.4. The van der Waals surface area contributed by atoms with Crippen LogP contribution in [0, 0.1) is 0 Å². The van der Waals surface area contributed by atoms with Crippen LogP contribution in [0.25, 0.3) is 0 Å². The van der Waals surface area contributed by atoms with Gasteiger partial charge in [0.2, 0.25) is 0 Å². The van der Waals surface area contributed by atoms with Gasteiger partial charge in [-0.1, -0.05) is 0 Å². The number of carboxylic acid groups (broad SMARTS) is 4. The van der Waals surface area contributed by atoms with Gasteiger partial charge in [-0.05, 0) is 0 Å². The third-order valence-corrected chi connectivity index (χ3v) is 1.56. The first-order valence-electron chi connectivity index (χ1n) is 4.49. The molecule has 0 aromatic heterocycles. The van der Waals surface area contributed by atoms with E-state index < -0.39 is 48.3 Å². The Hall–Kier alpha value is -1.22. The number of quaternary nitrogens is 1. The fraction of sp³-hybridized carbons (Fsp3) is 0.500. The minimum Gasteiger partial charge on any atom is -0.547 e. The number of hydrogen-bond donors (Lipinski definition) is 5. The first-order chi connectivity index (χ1) is 8.93. The van der Waals surface area contributed by atoms with Gasteiger partial charge in [0.25, 0.3) is 0 Å². The van der Waals surface area contributed by atoms with Crippen molar-refractivity contribution in [2.75, 3.05) is 0 Å². The Morgan fingerprint density at radius 3 is 0.682 bits per heavy atom. The number of aliphatic carboxylic acids is 4. The molecule has 0 aromatic rings. The fourth-order valence-corrected chi connectivity index (χ4v) is 0.516. The van der Waals surface area contributed by atoms with Gasteiger partial charge in [-0.2, -0.15) is 0 Å². The molecule has 8 N–H and O–H groups in total. The SMILES string of the molecule is O=C([O-])C(O)C(O)C(=O)[O-].O=C([O-])C(O)C(O)C(=O)[O-].[NH4+].[Y+3]. The molecule has 4 unspecified atom stereocenters.